The predicted molar refractivity (Wildman–Crippen MR) is 83.8 cm³/mol. The van der Waals surface area contributed by atoms with Gasteiger partial charge in [-0.25, -0.2) is 0 Å². The average Bonchev–Trinajstić information content (AvgIpc) is 2.90. The van der Waals surface area contributed by atoms with Gasteiger partial charge in [-0.15, -0.1) is 0 Å². The van der Waals surface area contributed by atoms with Crippen LogP contribution in [-0.2, 0) is 6.42 Å². The number of benzene rings is 1. The molecule has 1 aliphatic rings. The van der Waals surface area contributed by atoms with Gasteiger partial charge in [-0.2, -0.15) is 0 Å². The Kier molecular flexibility index (Phi) is 5.01. The van der Waals surface area contributed by atoms with Crippen molar-refractivity contribution in [3.8, 4) is 0 Å². The van der Waals surface area contributed by atoms with Crippen LogP contribution in [0.25, 0.3) is 0 Å². The van der Waals surface area contributed by atoms with Crippen molar-refractivity contribution in [1.82, 2.24) is 10.3 Å². The van der Waals surface area contributed by atoms with Gasteiger partial charge in [0.15, 0.2) is 0 Å². The molecule has 3 nitrogen and oxygen atoms in total. The van der Waals surface area contributed by atoms with Crippen LogP contribution in [0.5, 0.6) is 0 Å². The maximum atomic E-state index is 5.82. The van der Waals surface area contributed by atoms with Crippen LogP contribution in [0.15, 0.2) is 28.7 Å². The van der Waals surface area contributed by atoms with E-state index in [1.165, 1.54) is 31.5 Å². The maximum Gasteiger partial charge on any atom is 0.0429 e. The number of nitrogens with two attached hydrogens (primary N) is 1. The molecule has 4 heteroatoms. The number of nitrogens with zero attached hydrogens (tertiary/aromatic N) is 1. The SMILES string of the molecule is CC(C)(C(Cc1cccc(Br)c1)NN)N1CCCC1. The maximum absolute atomic E-state index is 5.82. The fourth-order valence-corrected chi connectivity index (χ4v) is 3.37. The van der Waals surface area contributed by atoms with Crippen LogP contribution in [0.3, 0.4) is 0 Å². The largest absolute Gasteiger partial charge is 0.297 e. The fraction of sp³-hybridized carbons (Fsp3) is 0.600. The second kappa shape index (κ2) is 6.35. The van der Waals surface area contributed by atoms with E-state index in [0.29, 0.717) is 0 Å². The first kappa shape index (κ1) is 15.0. The lowest BCUT2D eigenvalue weighted by Gasteiger charge is -2.42. The molecule has 0 bridgehead atoms. The van der Waals surface area contributed by atoms with Crippen LogP contribution in [0, 0.1) is 0 Å². The molecule has 0 radical (unpaired) electrons. The first-order valence-corrected chi connectivity index (χ1v) is 7.79. The predicted octanol–water partition coefficient (Wildman–Crippen LogP) is 2.70. The normalized spacial score (nSPS) is 18.7. The van der Waals surface area contributed by atoms with E-state index in [9.17, 15) is 0 Å². The van der Waals surface area contributed by atoms with E-state index in [1.54, 1.807) is 0 Å². The van der Waals surface area contributed by atoms with Gasteiger partial charge in [-0.3, -0.25) is 16.2 Å². The van der Waals surface area contributed by atoms with E-state index in [1.807, 2.05) is 0 Å². The van der Waals surface area contributed by atoms with Crippen molar-refractivity contribution >= 4 is 15.9 Å². The molecule has 1 aromatic rings. The van der Waals surface area contributed by atoms with Gasteiger partial charge in [0.1, 0.15) is 0 Å². The summed E-state index contributed by atoms with van der Waals surface area (Å²) in [6, 6.07) is 8.72. The summed E-state index contributed by atoms with van der Waals surface area (Å²) in [5.41, 5.74) is 4.42. The van der Waals surface area contributed by atoms with Crippen LogP contribution >= 0.6 is 15.9 Å². The number of nitrogens with one attached hydrogen (secondary N) is 1. The van der Waals surface area contributed by atoms with E-state index in [0.717, 1.165) is 10.9 Å². The molecule has 1 fully saturated rings. The Hall–Kier alpha value is -0.420. The van der Waals surface area contributed by atoms with Crippen LogP contribution in [0.1, 0.15) is 32.3 Å². The van der Waals surface area contributed by atoms with Crippen molar-refractivity contribution in [1.29, 1.82) is 0 Å². The van der Waals surface area contributed by atoms with Gasteiger partial charge >= 0.3 is 0 Å². The van der Waals surface area contributed by atoms with Gasteiger partial charge in [-0.05, 0) is 63.9 Å². The quantitative estimate of drug-likeness (QED) is 0.646. The highest BCUT2D eigenvalue weighted by Gasteiger charge is 2.36. The highest BCUT2D eigenvalue weighted by atomic mass is 79.9. The zero-order valence-electron chi connectivity index (χ0n) is 11.8. The number of hydrogen-bond donors (Lipinski definition) is 2. The minimum absolute atomic E-state index is 0.0770. The number of rotatable bonds is 5. The van der Waals surface area contributed by atoms with E-state index < -0.39 is 0 Å². The van der Waals surface area contributed by atoms with Gasteiger partial charge < -0.3 is 0 Å². The van der Waals surface area contributed by atoms with Crippen molar-refractivity contribution in [2.24, 2.45) is 5.84 Å². The summed E-state index contributed by atoms with van der Waals surface area (Å²) in [4.78, 5) is 2.55. The minimum Gasteiger partial charge on any atom is -0.297 e. The van der Waals surface area contributed by atoms with Crippen LogP contribution in [0.4, 0.5) is 0 Å². The van der Waals surface area contributed by atoms with Crippen LogP contribution in [0.2, 0.25) is 0 Å². The van der Waals surface area contributed by atoms with Crippen molar-refractivity contribution in [2.75, 3.05) is 13.1 Å². The summed E-state index contributed by atoms with van der Waals surface area (Å²) in [7, 11) is 0. The Morgan fingerprint density at radius 1 is 1.37 bits per heavy atom. The summed E-state index contributed by atoms with van der Waals surface area (Å²) in [6.45, 7) is 6.95. The third-order valence-corrected chi connectivity index (χ3v) is 4.80. The highest BCUT2D eigenvalue weighted by molar-refractivity contribution is 9.10. The molecule has 1 aliphatic heterocycles. The highest BCUT2D eigenvalue weighted by Crippen LogP contribution is 2.26. The number of hydrazine groups is 1. The Balaban J connectivity index is 2.10. The van der Waals surface area contributed by atoms with E-state index in [2.05, 4.69) is 64.4 Å². The topological polar surface area (TPSA) is 41.3 Å². The first-order valence-electron chi connectivity index (χ1n) is 6.99. The molecule has 1 heterocycles. The number of likely N-dealkylation sites (tertiary alicyclic amines) is 1. The molecule has 106 valence electrons. The lowest BCUT2D eigenvalue weighted by molar-refractivity contribution is 0.106. The lowest BCUT2D eigenvalue weighted by atomic mass is 9.88. The zero-order valence-corrected chi connectivity index (χ0v) is 13.4. The monoisotopic (exact) mass is 325 g/mol. The molecule has 1 aromatic carbocycles. The molecule has 19 heavy (non-hydrogen) atoms. The molecular formula is C15H24BrN3. The van der Waals surface area contributed by atoms with Crippen molar-refractivity contribution in [2.45, 2.75) is 44.7 Å². The van der Waals surface area contributed by atoms with Crippen molar-refractivity contribution < 1.29 is 0 Å². The van der Waals surface area contributed by atoms with Crippen molar-refractivity contribution in [3.05, 3.63) is 34.3 Å². The molecule has 1 atom stereocenters. The average molecular weight is 326 g/mol. The Bertz CT molecular complexity index is 414. The molecule has 1 unspecified atom stereocenters. The number of halogens is 1. The smallest absolute Gasteiger partial charge is 0.0429 e. The molecule has 3 N–H and O–H groups in total. The molecule has 0 aliphatic carbocycles. The van der Waals surface area contributed by atoms with Gasteiger partial charge in [0.25, 0.3) is 0 Å². The van der Waals surface area contributed by atoms with Gasteiger partial charge in [-0.1, -0.05) is 28.1 Å². The third-order valence-electron chi connectivity index (χ3n) is 4.30. The van der Waals surface area contributed by atoms with E-state index >= 15 is 0 Å². The molecule has 0 saturated carbocycles. The standard InChI is InChI=1S/C15H24BrN3/c1-15(2,19-8-3-4-9-19)14(18-17)11-12-6-5-7-13(16)10-12/h5-7,10,14,18H,3-4,8-9,11,17H2,1-2H3. The molecule has 2 rings (SSSR count). The third kappa shape index (κ3) is 3.57. The zero-order chi connectivity index (χ0) is 13.9. The van der Waals surface area contributed by atoms with Crippen molar-refractivity contribution in [3.63, 3.8) is 0 Å². The molecule has 0 amide bonds. The number of hydrogen-bond acceptors (Lipinski definition) is 3. The first-order chi connectivity index (χ1) is 9.04. The molecule has 0 spiro atoms. The van der Waals surface area contributed by atoms with Gasteiger partial charge in [0, 0.05) is 16.1 Å². The summed E-state index contributed by atoms with van der Waals surface area (Å²) < 4.78 is 1.12. The molecule has 0 aromatic heterocycles. The fourth-order valence-electron chi connectivity index (χ4n) is 2.93. The molecule has 1 saturated heterocycles. The Morgan fingerprint density at radius 3 is 2.63 bits per heavy atom. The Morgan fingerprint density at radius 2 is 2.05 bits per heavy atom. The van der Waals surface area contributed by atoms with E-state index in [4.69, 9.17) is 5.84 Å². The summed E-state index contributed by atoms with van der Waals surface area (Å²) in [6.07, 6.45) is 3.55. The second-order valence-corrected chi connectivity index (χ2v) is 6.82. The second-order valence-electron chi connectivity index (χ2n) is 5.90. The lowest BCUT2D eigenvalue weighted by Crippen LogP contribution is -2.59. The molecular weight excluding hydrogens is 302 g/mol. The van der Waals surface area contributed by atoms with Crippen LogP contribution < -0.4 is 11.3 Å². The summed E-state index contributed by atoms with van der Waals surface area (Å²) in [5.74, 6) is 5.82. The summed E-state index contributed by atoms with van der Waals surface area (Å²) >= 11 is 3.53. The van der Waals surface area contributed by atoms with Gasteiger partial charge in [0.05, 0.1) is 0 Å². The summed E-state index contributed by atoms with van der Waals surface area (Å²) in [5, 5.41) is 0. The van der Waals surface area contributed by atoms with Gasteiger partial charge in [0.2, 0.25) is 0 Å². The van der Waals surface area contributed by atoms with E-state index in [-0.39, 0.29) is 11.6 Å². The van der Waals surface area contributed by atoms with Crippen LogP contribution in [-0.4, -0.2) is 29.6 Å². The Labute approximate surface area is 124 Å². The minimum atomic E-state index is 0.0770.